The van der Waals surface area contributed by atoms with Crippen molar-refractivity contribution in [1.82, 2.24) is 4.90 Å². The largest absolute Gasteiger partial charge is 0.489 e. The number of nitriles is 1. The first-order valence-corrected chi connectivity index (χ1v) is 7.81. The zero-order valence-corrected chi connectivity index (χ0v) is 13.4. The van der Waals surface area contributed by atoms with Crippen LogP contribution < -0.4 is 10.1 Å². The predicted molar refractivity (Wildman–Crippen MR) is 87.1 cm³/mol. The highest BCUT2D eigenvalue weighted by molar-refractivity contribution is 7.14. The minimum absolute atomic E-state index is 0.156. The second kappa shape index (κ2) is 8.27. The summed E-state index contributed by atoms with van der Waals surface area (Å²) in [5, 5.41) is 13.9. The number of rotatable bonds is 7. The summed E-state index contributed by atoms with van der Waals surface area (Å²) >= 11 is 1.31. The van der Waals surface area contributed by atoms with Crippen molar-refractivity contribution in [2.45, 2.75) is 0 Å². The maximum absolute atomic E-state index is 13.4. The lowest BCUT2D eigenvalue weighted by molar-refractivity contribution is -0.117. The highest BCUT2D eigenvalue weighted by atomic mass is 32.1. The topological polar surface area (TPSA) is 65.4 Å². The Labute approximate surface area is 137 Å². The molecule has 23 heavy (non-hydrogen) atoms. The first kappa shape index (κ1) is 16.9. The number of thiophene rings is 1. The number of anilines is 1. The van der Waals surface area contributed by atoms with Gasteiger partial charge in [-0.2, -0.15) is 5.26 Å². The van der Waals surface area contributed by atoms with E-state index in [0.717, 1.165) is 0 Å². The molecule has 0 fully saturated rings. The molecule has 1 aromatic carbocycles. The maximum Gasteiger partial charge on any atom is 0.239 e. The SMILES string of the molecule is CN(CCOc1ccccc1F)CC(=O)Nc1sccc1C#N. The molecule has 0 aliphatic heterocycles. The van der Waals surface area contributed by atoms with Gasteiger partial charge in [-0.05, 0) is 30.6 Å². The summed E-state index contributed by atoms with van der Waals surface area (Å²) < 4.78 is 18.7. The van der Waals surface area contributed by atoms with Gasteiger partial charge in [-0.1, -0.05) is 12.1 Å². The van der Waals surface area contributed by atoms with E-state index < -0.39 is 5.82 Å². The summed E-state index contributed by atoms with van der Waals surface area (Å²) in [5.41, 5.74) is 0.453. The van der Waals surface area contributed by atoms with Crippen LogP contribution in [0, 0.1) is 17.1 Å². The van der Waals surface area contributed by atoms with E-state index in [1.54, 1.807) is 41.6 Å². The lowest BCUT2D eigenvalue weighted by Gasteiger charge is -2.16. The Bertz CT molecular complexity index is 711. The van der Waals surface area contributed by atoms with Gasteiger partial charge in [0.05, 0.1) is 12.1 Å². The molecule has 0 unspecified atom stereocenters. The van der Waals surface area contributed by atoms with Crippen molar-refractivity contribution in [2.24, 2.45) is 0 Å². The van der Waals surface area contributed by atoms with Crippen molar-refractivity contribution < 1.29 is 13.9 Å². The molecule has 2 rings (SSSR count). The summed E-state index contributed by atoms with van der Waals surface area (Å²) in [4.78, 5) is 13.7. The first-order valence-electron chi connectivity index (χ1n) is 6.93. The van der Waals surface area contributed by atoms with Gasteiger partial charge in [0.25, 0.3) is 0 Å². The summed E-state index contributed by atoms with van der Waals surface area (Å²) in [5.74, 6) is -0.422. The molecule has 5 nitrogen and oxygen atoms in total. The minimum atomic E-state index is -0.408. The van der Waals surface area contributed by atoms with Gasteiger partial charge in [0.1, 0.15) is 17.7 Å². The minimum Gasteiger partial charge on any atom is -0.489 e. The Hall–Kier alpha value is -2.43. The summed E-state index contributed by atoms with van der Waals surface area (Å²) in [6, 6.07) is 9.86. The molecular weight excluding hydrogens is 317 g/mol. The lowest BCUT2D eigenvalue weighted by Crippen LogP contribution is -2.33. The van der Waals surface area contributed by atoms with Crippen molar-refractivity contribution in [3.05, 3.63) is 47.1 Å². The monoisotopic (exact) mass is 333 g/mol. The third kappa shape index (κ3) is 5.06. The van der Waals surface area contributed by atoms with Crippen LogP contribution in [0.3, 0.4) is 0 Å². The van der Waals surface area contributed by atoms with Gasteiger partial charge in [0.2, 0.25) is 5.91 Å². The van der Waals surface area contributed by atoms with Crippen LogP contribution in [-0.4, -0.2) is 37.6 Å². The molecule has 0 saturated carbocycles. The molecule has 0 aliphatic carbocycles. The predicted octanol–water partition coefficient (Wildman–Crippen LogP) is 2.71. The van der Waals surface area contributed by atoms with Crippen LogP contribution in [0.5, 0.6) is 5.75 Å². The van der Waals surface area contributed by atoms with Crippen molar-refractivity contribution >= 4 is 22.2 Å². The van der Waals surface area contributed by atoms with Crippen LogP contribution in [0.4, 0.5) is 9.39 Å². The second-order valence-corrected chi connectivity index (χ2v) is 5.76. The van der Waals surface area contributed by atoms with E-state index in [1.165, 1.54) is 17.4 Å². The number of nitrogens with one attached hydrogen (secondary N) is 1. The van der Waals surface area contributed by atoms with Gasteiger partial charge < -0.3 is 10.1 Å². The fraction of sp³-hybridized carbons (Fsp3) is 0.250. The van der Waals surface area contributed by atoms with Crippen LogP contribution >= 0.6 is 11.3 Å². The Morgan fingerprint density at radius 2 is 2.22 bits per heavy atom. The highest BCUT2D eigenvalue weighted by Gasteiger charge is 2.11. The molecule has 1 aromatic heterocycles. The Morgan fingerprint density at radius 1 is 1.43 bits per heavy atom. The molecule has 0 spiro atoms. The third-order valence-corrected chi connectivity index (χ3v) is 3.85. The molecule has 0 saturated heterocycles. The molecular formula is C16H16FN3O2S. The molecule has 120 valence electrons. The molecule has 0 bridgehead atoms. The number of para-hydroxylation sites is 1. The number of halogens is 1. The van der Waals surface area contributed by atoms with Crippen LogP contribution in [-0.2, 0) is 4.79 Å². The molecule has 1 heterocycles. The number of amides is 1. The third-order valence-electron chi connectivity index (χ3n) is 3.02. The Balaban J connectivity index is 1.74. The van der Waals surface area contributed by atoms with Gasteiger partial charge in [0, 0.05) is 6.54 Å². The van der Waals surface area contributed by atoms with E-state index >= 15 is 0 Å². The Kier molecular flexibility index (Phi) is 6.09. The number of carbonyl (C=O) groups is 1. The van der Waals surface area contributed by atoms with Crippen molar-refractivity contribution in [2.75, 3.05) is 32.1 Å². The first-order chi connectivity index (χ1) is 11.1. The van der Waals surface area contributed by atoms with Gasteiger partial charge in [0.15, 0.2) is 11.6 Å². The number of carbonyl (C=O) groups excluding carboxylic acids is 1. The normalized spacial score (nSPS) is 10.3. The smallest absolute Gasteiger partial charge is 0.239 e. The van der Waals surface area contributed by atoms with Crippen molar-refractivity contribution in [3.63, 3.8) is 0 Å². The molecule has 0 aliphatic rings. The number of benzene rings is 1. The second-order valence-electron chi connectivity index (χ2n) is 4.84. The number of hydrogen-bond acceptors (Lipinski definition) is 5. The van der Waals surface area contributed by atoms with Gasteiger partial charge in [-0.15, -0.1) is 11.3 Å². The molecule has 1 N–H and O–H groups in total. The molecule has 0 radical (unpaired) electrons. The van der Waals surface area contributed by atoms with Gasteiger partial charge in [-0.3, -0.25) is 9.69 Å². The van der Waals surface area contributed by atoms with Crippen LogP contribution in [0.25, 0.3) is 0 Å². The summed E-state index contributed by atoms with van der Waals surface area (Å²) in [7, 11) is 1.77. The number of nitrogens with zero attached hydrogens (tertiary/aromatic N) is 2. The van der Waals surface area contributed by atoms with Crippen LogP contribution in [0.2, 0.25) is 0 Å². The average Bonchev–Trinajstić information content (AvgIpc) is 2.96. The highest BCUT2D eigenvalue weighted by Crippen LogP contribution is 2.21. The average molecular weight is 333 g/mol. The van der Waals surface area contributed by atoms with Crippen LogP contribution in [0.15, 0.2) is 35.7 Å². The van der Waals surface area contributed by atoms with E-state index in [-0.39, 0.29) is 24.8 Å². The lowest BCUT2D eigenvalue weighted by atomic mass is 10.3. The van der Waals surface area contributed by atoms with Crippen LogP contribution in [0.1, 0.15) is 5.56 Å². The fourth-order valence-corrected chi connectivity index (χ4v) is 2.61. The Morgan fingerprint density at radius 3 is 2.96 bits per heavy atom. The number of ether oxygens (including phenoxy) is 1. The summed E-state index contributed by atoms with van der Waals surface area (Å²) in [6.07, 6.45) is 0. The van der Waals surface area contributed by atoms with E-state index in [4.69, 9.17) is 10.00 Å². The zero-order valence-electron chi connectivity index (χ0n) is 12.6. The van der Waals surface area contributed by atoms with Crippen molar-refractivity contribution in [3.8, 4) is 11.8 Å². The fourth-order valence-electron chi connectivity index (χ4n) is 1.86. The molecule has 2 aromatic rings. The van der Waals surface area contributed by atoms with E-state index in [0.29, 0.717) is 17.1 Å². The molecule has 0 atom stereocenters. The quantitative estimate of drug-likeness (QED) is 0.846. The molecule has 7 heteroatoms. The van der Waals surface area contributed by atoms with E-state index in [2.05, 4.69) is 5.32 Å². The van der Waals surface area contributed by atoms with Gasteiger partial charge >= 0.3 is 0 Å². The molecule has 1 amide bonds. The maximum atomic E-state index is 13.4. The van der Waals surface area contributed by atoms with E-state index in [9.17, 15) is 9.18 Å². The van der Waals surface area contributed by atoms with Crippen molar-refractivity contribution in [1.29, 1.82) is 5.26 Å². The van der Waals surface area contributed by atoms with Gasteiger partial charge in [-0.25, -0.2) is 4.39 Å². The number of hydrogen-bond donors (Lipinski definition) is 1. The summed E-state index contributed by atoms with van der Waals surface area (Å²) in [6.45, 7) is 0.897. The number of likely N-dealkylation sites (N-methyl/N-ethyl adjacent to an activating group) is 1. The standard InChI is InChI=1S/C16H16FN3O2S/c1-20(7-8-22-14-5-3-2-4-13(14)17)11-15(21)19-16-12(10-18)6-9-23-16/h2-6,9H,7-8,11H2,1H3,(H,19,21). The zero-order chi connectivity index (χ0) is 16.7. The van der Waals surface area contributed by atoms with E-state index in [1.807, 2.05) is 6.07 Å².